The van der Waals surface area contributed by atoms with E-state index in [1.54, 1.807) is 0 Å². The van der Waals surface area contributed by atoms with Crippen molar-refractivity contribution in [3.05, 3.63) is 0 Å². The van der Waals surface area contributed by atoms with E-state index in [2.05, 4.69) is 0 Å². The van der Waals surface area contributed by atoms with Gasteiger partial charge in [-0.25, -0.2) is 0 Å². The molecule has 14 heavy (non-hydrogen) atoms. The zero-order chi connectivity index (χ0) is 10.7. The Balaban J connectivity index is -0.0000000270. The molecule has 0 aromatic rings. The molecule has 0 aromatic carbocycles. The van der Waals surface area contributed by atoms with Crippen LogP contribution in [0.1, 0.15) is 0 Å². The molecule has 11 heteroatoms. The van der Waals surface area contributed by atoms with Crippen LogP contribution in [-0.4, -0.2) is 56.8 Å². The minimum Gasteiger partial charge on any atom is -0.565 e. The minimum atomic E-state index is -2.08. The van der Waals surface area contributed by atoms with Gasteiger partial charge in [0.25, 0.3) is 0 Å². The van der Waals surface area contributed by atoms with Crippen LogP contribution in [0, 0.1) is 0 Å². The fourth-order valence-electron chi connectivity index (χ4n) is 0. The van der Waals surface area contributed by atoms with Crippen LogP contribution in [-0.2, 0) is 0 Å². The van der Waals surface area contributed by atoms with Crippen molar-refractivity contribution in [2.75, 3.05) is 0 Å². The SMILES string of the molecule is O=C([O-])O.O=C([O-])O.O=C([O-])O.[Li+].[Mg+2]. The molecule has 0 aliphatic heterocycles. The second kappa shape index (κ2) is 22.7. The quantitative estimate of drug-likeness (QED) is 0.330. The molecule has 0 unspecified atom stereocenters. The molecule has 0 amide bonds. The molecular weight excluding hydrogens is 211 g/mol. The molecule has 0 saturated carbocycles. The van der Waals surface area contributed by atoms with Gasteiger partial charge in [0, 0.05) is 0 Å². The van der Waals surface area contributed by atoms with E-state index in [4.69, 9.17) is 45.0 Å². The molecule has 0 bridgehead atoms. The monoisotopic (exact) mass is 214 g/mol. The normalized spacial score (nSPS) is 5.14. The molecule has 9 nitrogen and oxygen atoms in total. The van der Waals surface area contributed by atoms with Crippen LogP contribution in [0.15, 0.2) is 0 Å². The van der Waals surface area contributed by atoms with E-state index in [1.165, 1.54) is 0 Å². The van der Waals surface area contributed by atoms with Crippen molar-refractivity contribution in [3.8, 4) is 0 Å². The summed E-state index contributed by atoms with van der Waals surface area (Å²) < 4.78 is 0. The summed E-state index contributed by atoms with van der Waals surface area (Å²) in [4.78, 5) is 25.3. The fourth-order valence-corrected chi connectivity index (χ4v) is 0. The average molecular weight is 214 g/mol. The topological polar surface area (TPSA) is 181 Å². The summed E-state index contributed by atoms with van der Waals surface area (Å²) in [6.07, 6.45) is -6.25. The Bertz CT molecular complexity index is 118. The summed E-state index contributed by atoms with van der Waals surface area (Å²) >= 11 is 0. The van der Waals surface area contributed by atoms with Crippen molar-refractivity contribution in [2.45, 2.75) is 0 Å². The van der Waals surface area contributed by atoms with Crippen molar-refractivity contribution in [2.24, 2.45) is 0 Å². The van der Waals surface area contributed by atoms with E-state index in [0.29, 0.717) is 0 Å². The number of rotatable bonds is 0. The van der Waals surface area contributed by atoms with Crippen molar-refractivity contribution < 1.29 is 63.9 Å². The average Bonchev–Trinajstić information content (AvgIpc) is 1.54. The van der Waals surface area contributed by atoms with Gasteiger partial charge in [0.1, 0.15) is 0 Å². The summed E-state index contributed by atoms with van der Waals surface area (Å²) in [5, 5.41) is 45.9. The third-order valence-electron chi connectivity index (χ3n) is 0. The summed E-state index contributed by atoms with van der Waals surface area (Å²) in [6.45, 7) is 0. The molecule has 0 radical (unpaired) electrons. The van der Waals surface area contributed by atoms with Gasteiger partial charge in [-0.05, 0) is 0 Å². The predicted octanol–water partition coefficient (Wildman–Crippen LogP) is -6.71. The first-order valence-corrected chi connectivity index (χ1v) is 1.90. The smallest absolute Gasteiger partial charge is 0.565 e. The number of hydrogen-bond acceptors (Lipinski definition) is 6. The Labute approximate surface area is 105 Å². The number of hydrogen-bond donors (Lipinski definition) is 3. The van der Waals surface area contributed by atoms with Crippen molar-refractivity contribution in [1.82, 2.24) is 0 Å². The maximum absolute atomic E-state index is 8.44. The van der Waals surface area contributed by atoms with Crippen LogP contribution in [0.4, 0.5) is 14.4 Å². The number of carboxylic acid groups (broad SMARTS) is 6. The van der Waals surface area contributed by atoms with E-state index >= 15 is 0 Å². The molecular formula is C3H3LiMgO9. The second-order valence-electron chi connectivity index (χ2n) is 0.798. The van der Waals surface area contributed by atoms with Crippen LogP contribution in [0.5, 0.6) is 0 Å². The molecule has 0 spiro atoms. The van der Waals surface area contributed by atoms with E-state index in [1.807, 2.05) is 0 Å². The van der Waals surface area contributed by atoms with Crippen molar-refractivity contribution in [1.29, 1.82) is 0 Å². The summed E-state index contributed by atoms with van der Waals surface area (Å²) in [7, 11) is 0. The Morgan fingerprint density at radius 3 is 0.714 bits per heavy atom. The van der Waals surface area contributed by atoms with Gasteiger partial charge in [-0.3, -0.25) is 0 Å². The van der Waals surface area contributed by atoms with Gasteiger partial charge in [-0.15, -0.1) is 0 Å². The molecule has 0 rings (SSSR count). The zero-order valence-corrected chi connectivity index (χ0v) is 8.41. The van der Waals surface area contributed by atoms with Crippen LogP contribution in [0.25, 0.3) is 0 Å². The molecule has 0 aromatic heterocycles. The van der Waals surface area contributed by atoms with E-state index in [-0.39, 0.29) is 41.9 Å². The Kier molecular flexibility index (Phi) is 47.5. The molecule has 0 aliphatic rings. The first-order chi connectivity index (χ1) is 5.20. The molecule has 0 saturated heterocycles. The molecule has 0 aliphatic carbocycles. The largest absolute Gasteiger partial charge is 2.00 e. The van der Waals surface area contributed by atoms with Gasteiger partial charge in [0.15, 0.2) is 0 Å². The van der Waals surface area contributed by atoms with Gasteiger partial charge in [-0.1, -0.05) is 0 Å². The van der Waals surface area contributed by atoms with Crippen molar-refractivity contribution >= 4 is 41.5 Å². The van der Waals surface area contributed by atoms with Gasteiger partial charge in [0.05, 0.1) is 0 Å². The Morgan fingerprint density at radius 1 is 0.714 bits per heavy atom. The third kappa shape index (κ3) is 1690. The molecule has 72 valence electrons. The van der Waals surface area contributed by atoms with Gasteiger partial charge < -0.3 is 45.0 Å². The molecule has 3 N–H and O–H groups in total. The number of carbonyl (C=O) groups is 3. The summed E-state index contributed by atoms with van der Waals surface area (Å²) in [6, 6.07) is 0. The van der Waals surface area contributed by atoms with Gasteiger partial charge in [-0.2, -0.15) is 0 Å². The van der Waals surface area contributed by atoms with Crippen molar-refractivity contribution in [3.63, 3.8) is 0 Å². The maximum Gasteiger partial charge on any atom is 2.00 e. The molecule has 0 atom stereocenters. The standard InChI is InChI=1S/3CH2O3.Li.Mg/c3*2-1(3)4;;/h3*(H2,2,3,4);;/q;;;+1;+2/p-3. The summed E-state index contributed by atoms with van der Waals surface area (Å²) in [5.74, 6) is 0. The minimum absolute atomic E-state index is 0. The second-order valence-corrected chi connectivity index (χ2v) is 0.798. The first kappa shape index (κ1) is 29.2. The third-order valence-corrected chi connectivity index (χ3v) is 0. The zero-order valence-electron chi connectivity index (χ0n) is 7.00. The van der Waals surface area contributed by atoms with Gasteiger partial charge >= 0.3 is 41.9 Å². The van der Waals surface area contributed by atoms with Crippen LogP contribution in [0.2, 0.25) is 0 Å². The van der Waals surface area contributed by atoms with E-state index in [0.717, 1.165) is 0 Å². The van der Waals surface area contributed by atoms with Crippen LogP contribution in [0.3, 0.4) is 0 Å². The Morgan fingerprint density at radius 2 is 0.714 bits per heavy atom. The molecule has 0 fully saturated rings. The van der Waals surface area contributed by atoms with E-state index in [9.17, 15) is 0 Å². The van der Waals surface area contributed by atoms with E-state index < -0.39 is 18.5 Å². The first-order valence-electron chi connectivity index (χ1n) is 1.90. The van der Waals surface area contributed by atoms with Gasteiger partial charge in [0.2, 0.25) is 18.5 Å². The predicted molar refractivity (Wildman–Crippen MR) is 29.8 cm³/mol. The Hall–Kier alpha value is -0.826. The van der Waals surface area contributed by atoms with Crippen LogP contribution < -0.4 is 34.2 Å². The van der Waals surface area contributed by atoms with Crippen LogP contribution >= 0.6 is 0 Å². The molecule has 0 heterocycles. The summed E-state index contributed by atoms with van der Waals surface area (Å²) in [5.41, 5.74) is 0. The maximum atomic E-state index is 8.44. The fraction of sp³-hybridized carbons (Fsp3) is 0.